The number of hydrogen-bond donors (Lipinski definition) is 2. The lowest BCUT2D eigenvalue weighted by atomic mass is 9.99. The van der Waals surface area contributed by atoms with Gasteiger partial charge in [-0.05, 0) is 66.6 Å². The van der Waals surface area contributed by atoms with Crippen molar-refractivity contribution in [2.75, 3.05) is 44.7 Å². The van der Waals surface area contributed by atoms with Crippen LogP contribution in [-0.2, 0) is 11.3 Å². The maximum absolute atomic E-state index is 13.3. The van der Waals surface area contributed by atoms with Crippen molar-refractivity contribution in [3.63, 3.8) is 0 Å². The van der Waals surface area contributed by atoms with E-state index in [1.807, 2.05) is 85.8 Å². The zero-order valence-electron chi connectivity index (χ0n) is 24.1. The van der Waals surface area contributed by atoms with E-state index in [4.69, 9.17) is 4.74 Å². The number of rotatable bonds is 9. The average molecular weight is 575 g/mol. The molecule has 2 N–H and O–H groups in total. The van der Waals surface area contributed by atoms with E-state index in [0.29, 0.717) is 30.0 Å². The van der Waals surface area contributed by atoms with Crippen LogP contribution in [0.1, 0.15) is 17.3 Å². The number of pyridine rings is 1. The third kappa shape index (κ3) is 6.48. The molecule has 1 fully saturated rings. The van der Waals surface area contributed by atoms with Crippen molar-refractivity contribution in [2.45, 2.75) is 13.5 Å². The molecule has 9 heteroatoms. The maximum Gasteiger partial charge on any atom is 0.290 e. The summed E-state index contributed by atoms with van der Waals surface area (Å²) in [6.07, 6.45) is 1.75. The molecular formula is C34H34N6O3. The van der Waals surface area contributed by atoms with E-state index in [1.165, 1.54) is 4.68 Å². The Hall–Kier alpha value is -4.86. The number of carbonyl (C=O) groups is 1. The number of morpholine rings is 1. The van der Waals surface area contributed by atoms with Gasteiger partial charge in [0.25, 0.3) is 11.5 Å². The number of fused-ring (bicyclic) bond motifs is 1. The number of anilines is 2. The van der Waals surface area contributed by atoms with Crippen molar-refractivity contribution in [2.24, 2.45) is 0 Å². The third-order valence-corrected chi connectivity index (χ3v) is 7.62. The minimum Gasteiger partial charge on any atom is -0.379 e. The molecule has 0 spiro atoms. The van der Waals surface area contributed by atoms with Crippen molar-refractivity contribution in [1.82, 2.24) is 25.0 Å². The highest BCUT2D eigenvalue weighted by Crippen LogP contribution is 2.28. The molecule has 1 aliphatic heterocycles. The second-order valence-electron chi connectivity index (χ2n) is 10.4. The van der Waals surface area contributed by atoms with E-state index in [2.05, 4.69) is 25.6 Å². The number of nitrogens with one attached hydrogen (secondary N) is 2. The first-order valence-electron chi connectivity index (χ1n) is 14.6. The summed E-state index contributed by atoms with van der Waals surface area (Å²) < 4.78 is 6.86. The second-order valence-corrected chi connectivity index (χ2v) is 10.4. The number of nitrogens with zero attached hydrogens (tertiary/aromatic N) is 4. The summed E-state index contributed by atoms with van der Waals surface area (Å²) in [5, 5.41) is 12.0. The Balaban J connectivity index is 1.24. The zero-order valence-corrected chi connectivity index (χ0v) is 24.1. The molecule has 0 atom stereocenters. The summed E-state index contributed by atoms with van der Waals surface area (Å²) in [6.45, 7) is 6.99. The van der Waals surface area contributed by atoms with Crippen LogP contribution < -0.4 is 16.2 Å². The third-order valence-electron chi connectivity index (χ3n) is 7.62. The van der Waals surface area contributed by atoms with Gasteiger partial charge in [0.05, 0.1) is 24.4 Å². The molecule has 1 aliphatic rings. The molecule has 0 unspecified atom stereocenters. The number of hydrogen-bond acceptors (Lipinski definition) is 7. The summed E-state index contributed by atoms with van der Waals surface area (Å²) >= 11 is 0. The number of aryl methyl sites for hydroxylation is 1. The van der Waals surface area contributed by atoms with E-state index < -0.39 is 0 Å². The van der Waals surface area contributed by atoms with Crippen LogP contribution in [0.15, 0.2) is 95.9 Å². The molecule has 1 saturated heterocycles. The predicted molar refractivity (Wildman–Crippen MR) is 170 cm³/mol. The molecule has 1 amide bonds. The van der Waals surface area contributed by atoms with E-state index in [0.717, 1.165) is 66.1 Å². The summed E-state index contributed by atoms with van der Waals surface area (Å²) in [6, 6.07) is 27.1. The second kappa shape index (κ2) is 13.0. The van der Waals surface area contributed by atoms with Gasteiger partial charge < -0.3 is 15.4 Å². The molecule has 6 rings (SSSR count). The molecule has 0 bridgehead atoms. The fourth-order valence-electron chi connectivity index (χ4n) is 5.30. The molecule has 0 saturated carbocycles. The normalized spacial score (nSPS) is 13.6. The summed E-state index contributed by atoms with van der Waals surface area (Å²) in [5.41, 5.74) is 5.90. The molecule has 218 valence electrons. The Morgan fingerprint density at radius 1 is 0.884 bits per heavy atom. The molecule has 3 aromatic carbocycles. The molecule has 9 nitrogen and oxygen atoms in total. The molecule has 5 aromatic rings. The number of aromatic nitrogens is 3. The number of carbonyl (C=O) groups excluding carboxylic acids is 1. The lowest BCUT2D eigenvalue weighted by Crippen LogP contribution is -2.41. The van der Waals surface area contributed by atoms with Gasteiger partial charge in [0.15, 0.2) is 0 Å². The first-order chi connectivity index (χ1) is 21.1. The smallest absolute Gasteiger partial charge is 0.290 e. The monoisotopic (exact) mass is 574 g/mol. The van der Waals surface area contributed by atoms with Crippen molar-refractivity contribution in [3.8, 4) is 22.4 Å². The van der Waals surface area contributed by atoms with Gasteiger partial charge in [-0.2, -0.15) is 5.10 Å². The lowest BCUT2D eigenvalue weighted by molar-refractivity contribution is 0.0383. The van der Waals surface area contributed by atoms with Crippen molar-refractivity contribution < 1.29 is 9.53 Å². The summed E-state index contributed by atoms with van der Waals surface area (Å²) in [7, 11) is 0. The topological polar surface area (TPSA) is 101 Å². The van der Waals surface area contributed by atoms with Crippen LogP contribution in [0, 0.1) is 0 Å². The molecule has 3 heterocycles. The van der Waals surface area contributed by atoms with Gasteiger partial charge in [-0.3, -0.25) is 19.5 Å². The predicted octanol–water partition coefficient (Wildman–Crippen LogP) is 4.95. The van der Waals surface area contributed by atoms with E-state index >= 15 is 0 Å². The molecule has 0 radical (unpaired) electrons. The fourth-order valence-corrected chi connectivity index (χ4v) is 5.30. The highest BCUT2D eigenvalue weighted by atomic mass is 16.5. The van der Waals surface area contributed by atoms with Crippen LogP contribution >= 0.6 is 0 Å². The van der Waals surface area contributed by atoms with Crippen LogP contribution in [-0.4, -0.2) is 65.0 Å². The summed E-state index contributed by atoms with van der Waals surface area (Å²) in [4.78, 5) is 32.9. The Morgan fingerprint density at radius 2 is 1.65 bits per heavy atom. The minimum atomic E-state index is -0.198. The van der Waals surface area contributed by atoms with Crippen LogP contribution in [0.4, 0.5) is 11.4 Å². The molecule has 0 aliphatic carbocycles. The molecule has 2 aromatic heterocycles. The number of amides is 1. The van der Waals surface area contributed by atoms with Crippen LogP contribution in [0.2, 0.25) is 0 Å². The van der Waals surface area contributed by atoms with Gasteiger partial charge in [0, 0.05) is 61.1 Å². The standard InChI is InChI=1S/C34H34N6O3/c1-2-40-34(42)32(37-30-13-5-12-29-28(30)11-6-14-35-29)23-31(38-40)26-9-3-7-24(21-26)25-8-4-10-27(22-25)33(41)36-15-16-39-17-19-43-20-18-39/h3-14,21-23,37H,2,15-20H2,1H3,(H,36,41). The Bertz CT molecular complexity index is 1810. The Morgan fingerprint density at radius 3 is 2.49 bits per heavy atom. The van der Waals surface area contributed by atoms with Crippen molar-refractivity contribution >= 4 is 28.2 Å². The van der Waals surface area contributed by atoms with E-state index in [9.17, 15) is 9.59 Å². The molecular weight excluding hydrogens is 540 g/mol. The largest absolute Gasteiger partial charge is 0.379 e. The fraction of sp³-hybridized carbons (Fsp3) is 0.235. The Kier molecular flexibility index (Phi) is 8.53. The lowest BCUT2D eigenvalue weighted by Gasteiger charge is -2.26. The van der Waals surface area contributed by atoms with Gasteiger partial charge in [-0.15, -0.1) is 0 Å². The number of benzene rings is 3. The highest BCUT2D eigenvalue weighted by Gasteiger charge is 2.14. The average Bonchev–Trinajstić information content (AvgIpc) is 3.06. The van der Waals surface area contributed by atoms with Gasteiger partial charge in [0.2, 0.25) is 0 Å². The maximum atomic E-state index is 13.3. The first-order valence-corrected chi connectivity index (χ1v) is 14.6. The molecule has 43 heavy (non-hydrogen) atoms. The quantitative estimate of drug-likeness (QED) is 0.257. The van der Waals surface area contributed by atoms with Crippen LogP contribution in [0.3, 0.4) is 0 Å². The Labute approximate surface area is 250 Å². The van der Waals surface area contributed by atoms with Gasteiger partial charge in [-0.1, -0.05) is 36.4 Å². The van der Waals surface area contributed by atoms with Crippen molar-refractivity contribution in [3.05, 3.63) is 107 Å². The van der Waals surface area contributed by atoms with Gasteiger partial charge in [-0.25, -0.2) is 4.68 Å². The summed E-state index contributed by atoms with van der Waals surface area (Å²) in [5.74, 6) is -0.0951. The van der Waals surface area contributed by atoms with E-state index in [1.54, 1.807) is 12.3 Å². The van der Waals surface area contributed by atoms with Crippen molar-refractivity contribution in [1.29, 1.82) is 0 Å². The van der Waals surface area contributed by atoms with Crippen LogP contribution in [0.5, 0.6) is 0 Å². The minimum absolute atomic E-state index is 0.0951. The highest BCUT2D eigenvalue weighted by molar-refractivity contribution is 5.95. The zero-order chi connectivity index (χ0) is 29.6. The van der Waals surface area contributed by atoms with Crippen LogP contribution in [0.25, 0.3) is 33.3 Å². The van der Waals surface area contributed by atoms with Gasteiger partial charge in [0.1, 0.15) is 5.69 Å². The van der Waals surface area contributed by atoms with Gasteiger partial charge >= 0.3 is 0 Å². The number of ether oxygens (including phenoxy) is 1. The van der Waals surface area contributed by atoms with E-state index in [-0.39, 0.29) is 11.5 Å². The SMILES string of the molecule is CCn1nc(-c2cccc(-c3cccc(C(=O)NCCN4CCOCC4)c3)c2)cc(Nc2cccc3ncccc23)c1=O. The first kappa shape index (κ1) is 28.3.